The third-order valence-corrected chi connectivity index (χ3v) is 5.38. The van der Waals surface area contributed by atoms with Crippen molar-refractivity contribution in [1.82, 2.24) is 4.98 Å². The molecular formula is C18H24BNO5S. The van der Waals surface area contributed by atoms with E-state index in [1.54, 1.807) is 24.3 Å². The zero-order chi connectivity index (χ0) is 19.5. The SMILES string of the molecule is COC(=O)c1cccc(C=C(CSC(C)=O)B2OC(C)(C)C(C)(C)O2)n1. The Labute approximate surface area is 158 Å². The molecule has 0 saturated carbocycles. The van der Waals surface area contributed by atoms with Crippen molar-refractivity contribution in [1.29, 1.82) is 0 Å². The lowest BCUT2D eigenvalue weighted by atomic mass is 9.78. The van der Waals surface area contributed by atoms with E-state index in [0.717, 1.165) is 5.47 Å². The number of methoxy groups -OCH3 is 1. The predicted molar refractivity (Wildman–Crippen MR) is 103 cm³/mol. The van der Waals surface area contributed by atoms with Gasteiger partial charge in [0.05, 0.1) is 24.0 Å². The number of thioether (sulfide) groups is 1. The number of carbonyl (C=O) groups excluding carboxylic acids is 2. The molecule has 1 aliphatic rings. The first-order chi connectivity index (χ1) is 12.1. The van der Waals surface area contributed by atoms with E-state index in [9.17, 15) is 9.59 Å². The number of esters is 1. The summed E-state index contributed by atoms with van der Waals surface area (Å²) in [4.78, 5) is 27.4. The number of pyridine rings is 1. The van der Waals surface area contributed by atoms with Crippen molar-refractivity contribution in [2.75, 3.05) is 12.9 Å². The molecule has 1 saturated heterocycles. The summed E-state index contributed by atoms with van der Waals surface area (Å²) in [6.07, 6.45) is 1.80. The number of rotatable bonds is 5. The first-order valence-corrected chi connectivity index (χ1v) is 9.29. The van der Waals surface area contributed by atoms with Crippen molar-refractivity contribution < 1.29 is 23.6 Å². The van der Waals surface area contributed by atoms with Gasteiger partial charge in [-0.1, -0.05) is 17.8 Å². The number of aromatic nitrogens is 1. The maximum absolute atomic E-state index is 11.7. The average Bonchev–Trinajstić information content (AvgIpc) is 2.78. The van der Waals surface area contributed by atoms with E-state index < -0.39 is 24.3 Å². The Kier molecular flexibility index (Phi) is 6.31. The molecule has 0 atom stereocenters. The van der Waals surface area contributed by atoms with Gasteiger partial charge in [-0.05, 0) is 51.4 Å². The van der Waals surface area contributed by atoms with Gasteiger partial charge in [-0.2, -0.15) is 0 Å². The zero-order valence-electron chi connectivity index (χ0n) is 16.0. The van der Waals surface area contributed by atoms with Crippen LogP contribution in [0, 0.1) is 0 Å². The lowest BCUT2D eigenvalue weighted by Gasteiger charge is -2.32. The fourth-order valence-corrected chi connectivity index (χ4v) is 2.89. The maximum atomic E-state index is 11.7. The molecule has 0 N–H and O–H groups in total. The molecule has 1 aliphatic heterocycles. The quantitative estimate of drug-likeness (QED) is 0.576. The van der Waals surface area contributed by atoms with Gasteiger partial charge in [-0.25, -0.2) is 9.78 Å². The molecular weight excluding hydrogens is 353 g/mol. The zero-order valence-corrected chi connectivity index (χ0v) is 16.8. The van der Waals surface area contributed by atoms with Gasteiger partial charge >= 0.3 is 13.1 Å². The van der Waals surface area contributed by atoms with E-state index in [1.807, 2.05) is 27.7 Å². The molecule has 0 radical (unpaired) electrons. The molecule has 0 bridgehead atoms. The average molecular weight is 377 g/mol. The molecule has 1 fully saturated rings. The highest BCUT2D eigenvalue weighted by molar-refractivity contribution is 8.13. The first-order valence-electron chi connectivity index (χ1n) is 8.30. The van der Waals surface area contributed by atoms with Crippen LogP contribution in [0.3, 0.4) is 0 Å². The molecule has 0 aliphatic carbocycles. The third-order valence-electron chi connectivity index (χ3n) is 4.50. The Balaban J connectivity index is 2.35. The van der Waals surface area contributed by atoms with E-state index in [0.29, 0.717) is 11.4 Å². The molecule has 0 spiro atoms. The molecule has 140 valence electrons. The highest BCUT2D eigenvalue weighted by Crippen LogP contribution is 2.39. The summed E-state index contributed by atoms with van der Waals surface area (Å²) in [7, 11) is 0.724. The Bertz CT molecular complexity index is 716. The molecule has 26 heavy (non-hydrogen) atoms. The Hall–Kier alpha value is -1.64. The summed E-state index contributed by atoms with van der Waals surface area (Å²) in [6.45, 7) is 9.40. The number of hydrogen-bond acceptors (Lipinski definition) is 7. The van der Waals surface area contributed by atoms with Crippen LogP contribution >= 0.6 is 11.8 Å². The molecule has 1 aromatic heterocycles. The van der Waals surface area contributed by atoms with Crippen LogP contribution in [0.4, 0.5) is 0 Å². The number of nitrogens with zero attached hydrogens (tertiary/aromatic N) is 1. The Morgan fingerprint density at radius 2 is 1.85 bits per heavy atom. The second kappa shape index (κ2) is 7.94. The van der Waals surface area contributed by atoms with Crippen LogP contribution < -0.4 is 0 Å². The van der Waals surface area contributed by atoms with Crippen LogP contribution in [0.15, 0.2) is 23.7 Å². The summed E-state index contributed by atoms with van der Waals surface area (Å²) in [6, 6.07) is 5.09. The molecule has 6 nitrogen and oxygen atoms in total. The van der Waals surface area contributed by atoms with Crippen molar-refractivity contribution in [3.8, 4) is 0 Å². The van der Waals surface area contributed by atoms with Crippen molar-refractivity contribution >= 4 is 36.0 Å². The van der Waals surface area contributed by atoms with Gasteiger partial charge in [-0.15, -0.1) is 0 Å². The molecule has 1 aromatic rings. The molecule has 8 heteroatoms. The van der Waals surface area contributed by atoms with Gasteiger partial charge in [0.15, 0.2) is 5.12 Å². The number of carbonyl (C=O) groups is 2. The molecule has 0 amide bonds. The molecule has 2 heterocycles. The second-order valence-corrected chi connectivity index (χ2v) is 8.18. The van der Waals surface area contributed by atoms with E-state index in [-0.39, 0.29) is 10.8 Å². The lowest BCUT2D eigenvalue weighted by Crippen LogP contribution is -2.41. The summed E-state index contributed by atoms with van der Waals surface area (Å²) >= 11 is 1.17. The van der Waals surface area contributed by atoms with E-state index in [1.165, 1.54) is 25.8 Å². The molecule has 2 rings (SSSR count). The highest BCUT2D eigenvalue weighted by Gasteiger charge is 2.52. The van der Waals surface area contributed by atoms with Crippen LogP contribution in [-0.4, -0.2) is 47.3 Å². The smallest absolute Gasteiger partial charge is 0.464 e. The van der Waals surface area contributed by atoms with Gasteiger partial charge in [0.1, 0.15) is 5.69 Å². The van der Waals surface area contributed by atoms with Crippen LogP contribution in [0.25, 0.3) is 6.08 Å². The summed E-state index contributed by atoms with van der Waals surface area (Å²) in [5, 5.41) is 0.00341. The van der Waals surface area contributed by atoms with Crippen molar-refractivity contribution in [3.63, 3.8) is 0 Å². The highest BCUT2D eigenvalue weighted by atomic mass is 32.2. The Morgan fingerprint density at radius 1 is 1.23 bits per heavy atom. The second-order valence-electron chi connectivity index (χ2n) is 7.03. The van der Waals surface area contributed by atoms with Gasteiger partial charge in [0.25, 0.3) is 0 Å². The predicted octanol–water partition coefficient (Wildman–Crippen LogP) is 3.16. The summed E-state index contributed by atoms with van der Waals surface area (Å²) in [5.74, 6) is -0.0911. The fraction of sp³-hybridized carbons (Fsp3) is 0.500. The van der Waals surface area contributed by atoms with Crippen LogP contribution in [0.1, 0.15) is 50.8 Å². The minimum absolute atomic E-state index is 0.00341. The topological polar surface area (TPSA) is 74.7 Å². The van der Waals surface area contributed by atoms with E-state index >= 15 is 0 Å². The van der Waals surface area contributed by atoms with Crippen LogP contribution in [0.2, 0.25) is 0 Å². The minimum Gasteiger partial charge on any atom is -0.464 e. The monoisotopic (exact) mass is 377 g/mol. The third kappa shape index (κ3) is 4.75. The molecule has 0 aromatic carbocycles. The van der Waals surface area contributed by atoms with Gasteiger partial charge in [0.2, 0.25) is 0 Å². The van der Waals surface area contributed by atoms with Gasteiger partial charge < -0.3 is 14.0 Å². The van der Waals surface area contributed by atoms with E-state index in [2.05, 4.69) is 4.98 Å². The standard InChI is InChI=1S/C18H24BNO5S/c1-12(21)26-11-13(19-24-17(2,3)18(4,5)25-19)10-14-8-7-9-15(20-14)16(22)23-6/h7-10H,11H2,1-6H3. The van der Waals surface area contributed by atoms with Gasteiger partial charge in [0, 0.05) is 12.7 Å². The minimum atomic E-state index is -0.588. The normalized spacial score (nSPS) is 18.7. The number of hydrogen-bond donors (Lipinski definition) is 0. The Morgan fingerprint density at radius 3 is 2.38 bits per heavy atom. The van der Waals surface area contributed by atoms with Crippen molar-refractivity contribution in [2.24, 2.45) is 0 Å². The fourth-order valence-electron chi connectivity index (χ4n) is 2.30. The maximum Gasteiger partial charge on any atom is 0.491 e. The van der Waals surface area contributed by atoms with Crippen molar-refractivity contribution in [2.45, 2.75) is 45.8 Å². The van der Waals surface area contributed by atoms with Crippen molar-refractivity contribution in [3.05, 3.63) is 35.1 Å². The first kappa shape index (κ1) is 20.7. The summed E-state index contributed by atoms with van der Waals surface area (Å²) in [5.41, 5.74) is 0.589. The number of ether oxygens (including phenoxy) is 1. The summed E-state index contributed by atoms with van der Waals surface area (Å²) < 4.78 is 16.9. The van der Waals surface area contributed by atoms with Gasteiger partial charge in [-0.3, -0.25) is 4.79 Å². The largest absolute Gasteiger partial charge is 0.491 e. The molecule has 0 unspecified atom stereocenters. The van der Waals surface area contributed by atoms with E-state index in [4.69, 9.17) is 14.0 Å². The lowest BCUT2D eigenvalue weighted by molar-refractivity contribution is -0.109. The van der Waals surface area contributed by atoms with Crippen LogP contribution in [-0.2, 0) is 18.8 Å². The van der Waals surface area contributed by atoms with Crippen LogP contribution in [0.5, 0.6) is 0 Å².